The van der Waals surface area contributed by atoms with Crippen LogP contribution in [0.4, 0.5) is 0 Å². The molecule has 0 radical (unpaired) electrons. The topological polar surface area (TPSA) is 55.4 Å². The van der Waals surface area contributed by atoms with E-state index in [1.165, 1.54) is 5.56 Å². The van der Waals surface area contributed by atoms with Crippen LogP contribution in [0.1, 0.15) is 116 Å². The van der Waals surface area contributed by atoms with Gasteiger partial charge in [0.15, 0.2) is 0 Å². The van der Waals surface area contributed by atoms with Crippen LogP contribution in [0.25, 0.3) is 0 Å². The number of aryl methyl sites for hydroxylation is 1. The fourth-order valence-corrected chi connectivity index (χ4v) is 4.76. The third-order valence-corrected chi connectivity index (χ3v) is 7.21. The first-order valence-electron chi connectivity index (χ1n) is 15.9. The third-order valence-electron chi connectivity index (χ3n) is 7.21. The van der Waals surface area contributed by atoms with E-state index >= 15 is 0 Å². The lowest BCUT2D eigenvalue weighted by molar-refractivity contribution is -0.268. The number of hydrogen-bond acceptors (Lipinski definition) is 6. The van der Waals surface area contributed by atoms with Crippen molar-refractivity contribution >= 4 is 0 Å². The van der Waals surface area contributed by atoms with Crippen molar-refractivity contribution in [2.24, 2.45) is 0 Å². The minimum absolute atomic E-state index is 0.257. The van der Waals surface area contributed by atoms with Gasteiger partial charge < -0.3 is 28.4 Å². The molecule has 2 rings (SSSR count). The number of benzene rings is 1. The minimum atomic E-state index is -0.337. The van der Waals surface area contributed by atoms with E-state index in [2.05, 4.69) is 59.7 Å². The average Bonchev–Trinajstić information content (AvgIpc) is 2.94. The van der Waals surface area contributed by atoms with E-state index in [0.29, 0.717) is 33.0 Å². The Balaban J connectivity index is 2.49. The highest BCUT2D eigenvalue weighted by molar-refractivity contribution is 5.40. The summed E-state index contributed by atoms with van der Waals surface area (Å²) in [6, 6.07) is 6.38. The molecule has 1 fully saturated rings. The number of rotatable bonds is 22. The van der Waals surface area contributed by atoms with Crippen molar-refractivity contribution in [3.8, 4) is 5.75 Å². The van der Waals surface area contributed by atoms with Gasteiger partial charge in [0.1, 0.15) is 36.3 Å². The van der Waals surface area contributed by atoms with Crippen molar-refractivity contribution < 1.29 is 28.4 Å². The fraction of sp³-hybridized carbons (Fsp3) is 0.818. The van der Waals surface area contributed by atoms with Crippen molar-refractivity contribution in [1.29, 1.82) is 0 Å². The van der Waals surface area contributed by atoms with Crippen LogP contribution in [0.2, 0.25) is 0 Å². The van der Waals surface area contributed by atoms with Gasteiger partial charge in [0.25, 0.3) is 0 Å². The van der Waals surface area contributed by atoms with Crippen LogP contribution >= 0.6 is 0 Å². The summed E-state index contributed by atoms with van der Waals surface area (Å²) in [5.74, 6) is 0.867. The quantitative estimate of drug-likeness (QED) is 0.136. The smallest absolute Gasteiger partial charge is 0.125 e. The molecular formula is C33H58O6. The Morgan fingerprint density at radius 2 is 1.18 bits per heavy atom. The van der Waals surface area contributed by atoms with Gasteiger partial charge in [-0.2, -0.15) is 0 Å². The van der Waals surface area contributed by atoms with E-state index in [0.717, 1.165) is 82.1 Å². The summed E-state index contributed by atoms with van der Waals surface area (Å²) >= 11 is 0. The van der Waals surface area contributed by atoms with Gasteiger partial charge in [-0.1, -0.05) is 78.4 Å². The summed E-state index contributed by atoms with van der Waals surface area (Å²) in [5, 5.41) is 0. The molecule has 0 spiro atoms. The van der Waals surface area contributed by atoms with Gasteiger partial charge in [0.2, 0.25) is 0 Å². The molecule has 6 heteroatoms. The van der Waals surface area contributed by atoms with Crippen molar-refractivity contribution in [1.82, 2.24) is 0 Å². The Morgan fingerprint density at radius 1 is 0.641 bits per heavy atom. The molecule has 5 atom stereocenters. The van der Waals surface area contributed by atoms with Gasteiger partial charge in [0.05, 0.1) is 13.2 Å². The molecule has 0 N–H and O–H groups in total. The van der Waals surface area contributed by atoms with E-state index in [1.54, 1.807) is 0 Å². The van der Waals surface area contributed by atoms with Crippen LogP contribution in [0.3, 0.4) is 0 Å². The molecule has 39 heavy (non-hydrogen) atoms. The zero-order valence-corrected chi connectivity index (χ0v) is 25.9. The largest absolute Gasteiger partial charge is 0.493 e. The summed E-state index contributed by atoms with van der Waals surface area (Å²) in [6.45, 7) is 16.9. The van der Waals surface area contributed by atoms with Crippen LogP contribution in [-0.4, -0.2) is 64.1 Å². The molecule has 0 aromatic heterocycles. The highest BCUT2D eigenvalue weighted by atomic mass is 16.6. The second-order valence-corrected chi connectivity index (χ2v) is 10.8. The molecule has 1 heterocycles. The number of hydrogen-bond donors (Lipinski definition) is 0. The van der Waals surface area contributed by atoms with Gasteiger partial charge in [-0.25, -0.2) is 0 Å². The third kappa shape index (κ3) is 11.7. The summed E-state index contributed by atoms with van der Waals surface area (Å²) in [6.07, 6.45) is 9.03. The van der Waals surface area contributed by atoms with E-state index < -0.39 is 0 Å². The first-order valence-corrected chi connectivity index (χ1v) is 15.9. The lowest BCUT2D eigenvalue weighted by Gasteiger charge is -2.46. The van der Waals surface area contributed by atoms with E-state index in [-0.39, 0.29) is 30.5 Å². The molecule has 0 saturated carbocycles. The second-order valence-electron chi connectivity index (χ2n) is 10.8. The van der Waals surface area contributed by atoms with Gasteiger partial charge in [-0.3, -0.25) is 0 Å². The second kappa shape index (κ2) is 20.7. The van der Waals surface area contributed by atoms with Crippen molar-refractivity contribution in [2.45, 2.75) is 136 Å². The highest BCUT2D eigenvalue weighted by Gasteiger charge is 2.49. The van der Waals surface area contributed by atoms with Gasteiger partial charge in [-0.15, -0.1) is 0 Å². The maximum atomic E-state index is 6.94. The zero-order chi connectivity index (χ0) is 28.3. The van der Waals surface area contributed by atoms with Gasteiger partial charge >= 0.3 is 0 Å². The Morgan fingerprint density at radius 3 is 1.79 bits per heavy atom. The lowest BCUT2D eigenvalue weighted by Crippen LogP contribution is -2.58. The van der Waals surface area contributed by atoms with Crippen LogP contribution in [-0.2, 0) is 23.7 Å². The van der Waals surface area contributed by atoms with Gasteiger partial charge in [0, 0.05) is 32.0 Å². The molecule has 1 aromatic rings. The molecule has 1 aromatic carbocycles. The van der Waals surface area contributed by atoms with Crippen molar-refractivity contribution in [3.05, 3.63) is 29.3 Å². The fourth-order valence-electron chi connectivity index (χ4n) is 4.76. The maximum absolute atomic E-state index is 6.94. The Kier molecular flexibility index (Phi) is 18.0. The Hall–Kier alpha value is -1.18. The van der Waals surface area contributed by atoms with Crippen molar-refractivity contribution in [3.63, 3.8) is 0 Å². The van der Waals surface area contributed by atoms with E-state index in [4.69, 9.17) is 28.4 Å². The molecule has 226 valence electrons. The minimum Gasteiger partial charge on any atom is -0.493 e. The average molecular weight is 551 g/mol. The summed E-state index contributed by atoms with van der Waals surface area (Å²) in [5.41, 5.74) is 2.20. The van der Waals surface area contributed by atoms with Crippen LogP contribution in [0.5, 0.6) is 5.75 Å². The van der Waals surface area contributed by atoms with Gasteiger partial charge in [-0.05, 0) is 51.2 Å². The number of unbranched alkanes of at least 4 members (excludes halogenated alkanes) is 5. The lowest BCUT2D eigenvalue weighted by atomic mass is 9.89. The zero-order valence-electron chi connectivity index (χ0n) is 25.9. The molecule has 1 aliphatic heterocycles. The Labute approximate surface area is 239 Å². The van der Waals surface area contributed by atoms with Crippen LogP contribution in [0, 0.1) is 6.92 Å². The summed E-state index contributed by atoms with van der Waals surface area (Å²) < 4.78 is 39.3. The molecule has 3 unspecified atom stereocenters. The SMILES string of the molecule is CCCCOCC1OC(c2cc(C)ccc2OCCCC)[C@H](OCCCC)C(OCCCC)[C@@H]1OCCCC. The monoisotopic (exact) mass is 550 g/mol. The Bertz CT molecular complexity index is 741. The van der Waals surface area contributed by atoms with Crippen LogP contribution in [0.15, 0.2) is 18.2 Å². The maximum Gasteiger partial charge on any atom is 0.125 e. The van der Waals surface area contributed by atoms with Crippen LogP contribution < -0.4 is 4.74 Å². The first kappa shape index (κ1) is 34.0. The molecular weight excluding hydrogens is 492 g/mol. The molecule has 0 aliphatic carbocycles. The molecule has 0 bridgehead atoms. The summed E-state index contributed by atoms with van der Waals surface area (Å²) in [4.78, 5) is 0. The standard InChI is InChI=1S/C33H58O6/c1-7-12-19-34-25-29-31(36-21-14-9-3)33(38-23-16-11-5)32(37-22-15-10-4)30(39-29)27-24-26(6)17-18-28(27)35-20-13-8-2/h17-18,24,29-33H,7-16,19-23,25H2,1-6H3/t29?,30?,31-,32+,33?/m1/s1. The van der Waals surface area contributed by atoms with E-state index in [9.17, 15) is 0 Å². The molecule has 1 aliphatic rings. The highest BCUT2D eigenvalue weighted by Crippen LogP contribution is 2.41. The normalized spacial score (nSPS) is 23.3. The first-order chi connectivity index (χ1) is 19.1. The molecule has 6 nitrogen and oxygen atoms in total. The molecule has 1 saturated heterocycles. The predicted octanol–water partition coefficient (Wildman–Crippen LogP) is 7.99. The predicted molar refractivity (Wildman–Crippen MR) is 159 cm³/mol. The van der Waals surface area contributed by atoms with E-state index in [1.807, 2.05) is 0 Å². The van der Waals surface area contributed by atoms with Crippen molar-refractivity contribution in [2.75, 3.05) is 39.6 Å². The summed E-state index contributed by atoms with van der Waals surface area (Å²) in [7, 11) is 0. The molecule has 0 amide bonds. The number of ether oxygens (including phenoxy) is 6.